The first-order valence-corrected chi connectivity index (χ1v) is 12.4. The van der Waals surface area contributed by atoms with Crippen molar-refractivity contribution < 1.29 is 4.21 Å². The van der Waals surface area contributed by atoms with Crippen LogP contribution in [-0.2, 0) is 10.8 Å². The van der Waals surface area contributed by atoms with Crippen molar-refractivity contribution in [3.8, 4) is 0 Å². The molecule has 2 rings (SSSR count). The average Bonchev–Trinajstić information content (AvgIpc) is 2.66. The predicted octanol–water partition coefficient (Wildman–Crippen LogP) is 3.13. The normalized spacial score (nSPS) is 29.4. The molecule has 1 aliphatic carbocycles. The fourth-order valence-electron chi connectivity index (χ4n) is 4.38. The largest absolute Gasteiger partial charge is 0.357 e. The summed E-state index contributed by atoms with van der Waals surface area (Å²) in [5, 5.41) is 7.40. The Morgan fingerprint density at radius 1 is 1.22 bits per heavy atom. The molecule has 0 bridgehead atoms. The highest BCUT2D eigenvalue weighted by Gasteiger charge is 2.30. The molecule has 0 aromatic rings. The molecule has 2 fully saturated rings. The third-order valence-corrected chi connectivity index (χ3v) is 7.85. The van der Waals surface area contributed by atoms with Gasteiger partial charge >= 0.3 is 0 Å². The molecule has 1 heterocycles. The second-order valence-electron chi connectivity index (χ2n) is 9.00. The molecule has 0 spiro atoms. The van der Waals surface area contributed by atoms with E-state index in [1.807, 2.05) is 6.92 Å². The molecule has 0 aromatic heterocycles. The molecule has 0 radical (unpaired) electrons. The lowest BCUT2D eigenvalue weighted by atomic mass is 9.93. The number of aliphatic imine (C=N–C) groups is 1. The minimum absolute atomic E-state index is 0.0792. The van der Waals surface area contributed by atoms with Crippen LogP contribution in [0, 0.1) is 5.92 Å². The Kier molecular flexibility index (Phi) is 9.06. The first-order chi connectivity index (χ1) is 12.9. The van der Waals surface area contributed by atoms with Crippen LogP contribution < -0.4 is 10.6 Å². The van der Waals surface area contributed by atoms with E-state index in [0.717, 1.165) is 56.4 Å². The number of guanidine groups is 1. The summed E-state index contributed by atoms with van der Waals surface area (Å²) < 4.78 is 12.2. The highest BCUT2D eigenvalue weighted by atomic mass is 32.2. The maximum atomic E-state index is 12.2. The van der Waals surface area contributed by atoms with Crippen molar-refractivity contribution in [2.24, 2.45) is 10.9 Å². The van der Waals surface area contributed by atoms with Gasteiger partial charge < -0.3 is 10.6 Å². The summed E-state index contributed by atoms with van der Waals surface area (Å²) in [5.74, 6) is 2.48. The summed E-state index contributed by atoms with van der Waals surface area (Å²) in [6.07, 6.45) is 7.05. The van der Waals surface area contributed by atoms with Gasteiger partial charge in [0, 0.05) is 46.5 Å². The van der Waals surface area contributed by atoms with E-state index < -0.39 is 10.8 Å². The van der Waals surface area contributed by atoms with E-state index in [4.69, 9.17) is 4.99 Å². The van der Waals surface area contributed by atoms with Gasteiger partial charge in [-0.25, -0.2) is 0 Å². The number of hydrogen-bond donors (Lipinski definition) is 2. The monoisotopic (exact) mass is 398 g/mol. The molecule has 1 aliphatic heterocycles. The van der Waals surface area contributed by atoms with Gasteiger partial charge in [-0.05, 0) is 65.3 Å². The van der Waals surface area contributed by atoms with Crippen LogP contribution in [0.3, 0.4) is 0 Å². The van der Waals surface area contributed by atoms with Crippen LogP contribution in [0.15, 0.2) is 4.99 Å². The molecule has 2 aliphatic rings. The second-order valence-corrected chi connectivity index (χ2v) is 11.0. The number of hydrogen-bond acceptors (Lipinski definition) is 3. The van der Waals surface area contributed by atoms with Crippen LogP contribution in [0.4, 0.5) is 0 Å². The van der Waals surface area contributed by atoms with Crippen LogP contribution >= 0.6 is 0 Å². The molecule has 4 unspecified atom stereocenters. The SMILES string of the molecule is CCNC(=NCC(C)(C)N1CCCC(C)C1)NC1CCCC(S(=O)CC)C1. The Labute approximate surface area is 169 Å². The molecule has 1 saturated carbocycles. The van der Waals surface area contributed by atoms with Gasteiger partial charge in [0.15, 0.2) is 5.96 Å². The van der Waals surface area contributed by atoms with E-state index in [2.05, 4.69) is 43.2 Å². The van der Waals surface area contributed by atoms with E-state index in [0.29, 0.717) is 11.3 Å². The van der Waals surface area contributed by atoms with Gasteiger partial charge in [0.05, 0.1) is 6.54 Å². The molecule has 1 saturated heterocycles. The zero-order valence-electron chi connectivity index (χ0n) is 18.2. The fraction of sp³-hybridized carbons (Fsp3) is 0.952. The fourth-order valence-corrected chi connectivity index (χ4v) is 5.72. The van der Waals surface area contributed by atoms with E-state index in [-0.39, 0.29) is 5.54 Å². The predicted molar refractivity (Wildman–Crippen MR) is 118 cm³/mol. The minimum Gasteiger partial charge on any atom is -0.357 e. The Morgan fingerprint density at radius 2 is 2.00 bits per heavy atom. The molecule has 0 aromatic carbocycles. The summed E-state index contributed by atoms with van der Waals surface area (Å²) in [6.45, 7) is 15.2. The van der Waals surface area contributed by atoms with Crippen molar-refractivity contribution in [1.82, 2.24) is 15.5 Å². The molecule has 5 nitrogen and oxygen atoms in total. The zero-order valence-corrected chi connectivity index (χ0v) is 19.0. The number of rotatable bonds is 7. The smallest absolute Gasteiger partial charge is 0.191 e. The van der Waals surface area contributed by atoms with Gasteiger partial charge in [0.1, 0.15) is 0 Å². The molecule has 4 atom stereocenters. The lowest BCUT2D eigenvalue weighted by molar-refractivity contribution is 0.0774. The zero-order chi connectivity index (χ0) is 19.9. The number of nitrogens with one attached hydrogen (secondary N) is 2. The number of piperidine rings is 1. The van der Waals surface area contributed by atoms with Crippen molar-refractivity contribution in [1.29, 1.82) is 0 Å². The van der Waals surface area contributed by atoms with Crippen LogP contribution in [0.5, 0.6) is 0 Å². The van der Waals surface area contributed by atoms with Crippen LogP contribution in [-0.4, -0.2) is 63.8 Å². The van der Waals surface area contributed by atoms with Crippen molar-refractivity contribution in [3.63, 3.8) is 0 Å². The molecule has 6 heteroatoms. The molecule has 0 amide bonds. The third kappa shape index (κ3) is 7.04. The van der Waals surface area contributed by atoms with E-state index in [9.17, 15) is 4.21 Å². The van der Waals surface area contributed by atoms with Gasteiger partial charge in [0.25, 0.3) is 0 Å². The third-order valence-electron chi connectivity index (χ3n) is 6.10. The lowest BCUT2D eigenvalue weighted by Gasteiger charge is -2.42. The molecular weight excluding hydrogens is 356 g/mol. The summed E-state index contributed by atoms with van der Waals surface area (Å²) >= 11 is 0. The van der Waals surface area contributed by atoms with Crippen LogP contribution in [0.2, 0.25) is 0 Å². The van der Waals surface area contributed by atoms with Gasteiger partial charge in [-0.3, -0.25) is 14.1 Å². The maximum absolute atomic E-state index is 12.2. The van der Waals surface area contributed by atoms with Crippen molar-refractivity contribution in [2.45, 2.75) is 90.0 Å². The first kappa shape index (κ1) is 22.7. The average molecular weight is 399 g/mol. The summed E-state index contributed by atoms with van der Waals surface area (Å²) in [6, 6.07) is 0.384. The van der Waals surface area contributed by atoms with Gasteiger partial charge in [-0.1, -0.05) is 20.3 Å². The number of nitrogens with zero attached hydrogens (tertiary/aromatic N) is 2. The van der Waals surface area contributed by atoms with E-state index in [1.165, 1.54) is 25.9 Å². The first-order valence-electron chi connectivity index (χ1n) is 11.0. The van der Waals surface area contributed by atoms with Crippen molar-refractivity contribution in [2.75, 3.05) is 31.9 Å². The standard InChI is InChI=1S/C21H42N4OS/c1-6-22-20(24-18-11-8-12-19(14-18)27(26)7-2)23-16-21(4,5)25-13-9-10-17(3)15-25/h17-19H,6-16H2,1-5H3,(H2,22,23,24). The molecule has 27 heavy (non-hydrogen) atoms. The molecule has 158 valence electrons. The highest BCUT2D eigenvalue weighted by molar-refractivity contribution is 7.85. The van der Waals surface area contributed by atoms with E-state index in [1.54, 1.807) is 0 Å². The van der Waals surface area contributed by atoms with Crippen LogP contribution in [0.25, 0.3) is 0 Å². The Bertz CT molecular complexity index is 508. The Hall–Kier alpha value is -0.620. The van der Waals surface area contributed by atoms with Gasteiger partial charge in [-0.15, -0.1) is 0 Å². The second kappa shape index (κ2) is 10.8. The molecule has 2 N–H and O–H groups in total. The topological polar surface area (TPSA) is 56.7 Å². The Balaban J connectivity index is 1.95. The lowest BCUT2D eigenvalue weighted by Crippen LogP contribution is -2.52. The summed E-state index contributed by atoms with van der Waals surface area (Å²) in [5.41, 5.74) is 0.0792. The number of likely N-dealkylation sites (tertiary alicyclic amines) is 1. The van der Waals surface area contributed by atoms with Gasteiger partial charge in [-0.2, -0.15) is 0 Å². The minimum atomic E-state index is -0.684. The summed E-state index contributed by atoms with van der Waals surface area (Å²) in [4.78, 5) is 7.55. The van der Waals surface area contributed by atoms with Gasteiger partial charge in [0.2, 0.25) is 0 Å². The maximum Gasteiger partial charge on any atom is 0.191 e. The van der Waals surface area contributed by atoms with Crippen molar-refractivity contribution >= 4 is 16.8 Å². The van der Waals surface area contributed by atoms with Crippen molar-refractivity contribution in [3.05, 3.63) is 0 Å². The quantitative estimate of drug-likeness (QED) is 0.511. The van der Waals surface area contributed by atoms with E-state index >= 15 is 0 Å². The summed E-state index contributed by atoms with van der Waals surface area (Å²) in [7, 11) is -0.684. The molecular formula is C21H42N4OS. The Morgan fingerprint density at radius 3 is 2.67 bits per heavy atom. The van der Waals surface area contributed by atoms with Crippen LogP contribution in [0.1, 0.15) is 73.1 Å². The highest BCUT2D eigenvalue weighted by Crippen LogP contribution is 2.25.